The number of amides is 2. The molecule has 1 atom stereocenters. The fraction of sp³-hybridized carbons (Fsp3) is 0.286. The van der Waals surface area contributed by atoms with Gasteiger partial charge in [0, 0.05) is 25.2 Å². The third-order valence-electron chi connectivity index (χ3n) is 6.14. The summed E-state index contributed by atoms with van der Waals surface area (Å²) in [6.07, 6.45) is 0.898. The number of hydrogen-bond acceptors (Lipinski definition) is 6. The normalized spacial score (nSPS) is 11.9. The van der Waals surface area contributed by atoms with Crippen LogP contribution < -0.4 is 9.62 Å². The molecule has 2 amide bonds. The van der Waals surface area contributed by atoms with E-state index in [1.54, 1.807) is 13.0 Å². The molecule has 3 aromatic carbocycles. The molecule has 1 N–H and O–H groups in total. The van der Waals surface area contributed by atoms with Crippen molar-refractivity contribution in [3.8, 4) is 0 Å². The lowest BCUT2D eigenvalue weighted by molar-refractivity contribution is -0.384. The van der Waals surface area contributed by atoms with Crippen LogP contribution in [0.25, 0.3) is 0 Å². The number of halogens is 1. The molecule has 12 heteroatoms. The summed E-state index contributed by atoms with van der Waals surface area (Å²) in [7, 11) is -4.36. The molecule has 212 valence electrons. The predicted molar refractivity (Wildman–Crippen MR) is 148 cm³/mol. The molecule has 3 rings (SSSR count). The Kier molecular flexibility index (Phi) is 10.3. The number of nitrogens with one attached hydrogen (secondary N) is 1. The molecule has 3 aromatic rings. The van der Waals surface area contributed by atoms with Gasteiger partial charge in [0.05, 0.1) is 15.5 Å². The lowest BCUT2D eigenvalue weighted by atomic mass is 10.1. The number of non-ortho nitro benzene ring substituents is 1. The second-order valence-electron chi connectivity index (χ2n) is 8.96. The van der Waals surface area contributed by atoms with Crippen LogP contribution in [-0.4, -0.2) is 49.2 Å². The Hall–Kier alpha value is -4.32. The third-order valence-corrected chi connectivity index (χ3v) is 7.93. The summed E-state index contributed by atoms with van der Waals surface area (Å²) in [5, 5.41) is 14.2. The van der Waals surface area contributed by atoms with Gasteiger partial charge in [0.1, 0.15) is 18.4 Å². The van der Waals surface area contributed by atoms with Crippen molar-refractivity contribution in [1.82, 2.24) is 10.2 Å². The topological polar surface area (TPSA) is 130 Å². The number of rotatable bonds is 13. The van der Waals surface area contributed by atoms with Crippen LogP contribution in [0.2, 0.25) is 0 Å². The SMILES string of the molecule is CCCNC(=O)[C@H](CC)N(Cc1ccc(F)cc1)C(=O)CN(c1cccc([N+](=O)[O-])c1)S(=O)(=O)c1ccccc1. The van der Waals surface area contributed by atoms with Crippen molar-refractivity contribution in [2.24, 2.45) is 0 Å². The molecule has 0 radical (unpaired) electrons. The Morgan fingerprint density at radius 3 is 2.27 bits per heavy atom. The van der Waals surface area contributed by atoms with E-state index >= 15 is 0 Å². The van der Waals surface area contributed by atoms with Crippen LogP contribution in [0.4, 0.5) is 15.8 Å². The number of benzene rings is 3. The zero-order chi connectivity index (χ0) is 29.3. The van der Waals surface area contributed by atoms with Gasteiger partial charge < -0.3 is 10.2 Å². The first-order valence-electron chi connectivity index (χ1n) is 12.7. The zero-order valence-electron chi connectivity index (χ0n) is 22.2. The largest absolute Gasteiger partial charge is 0.354 e. The quantitative estimate of drug-likeness (QED) is 0.241. The van der Waals surface area contributed by atoms with Gasteiger partial charge in [-0.25, -0.2) is 12.8 Å². The predicted octanol–water partition coefficient (Wildman–Crippen LogP) is 4.26. The number of carbonyl (C=O) groups excluding carboxylic acids is 2. The third kappa shape index (κ3) is 7.41. The highest BCUT2D eigenvalue weighted by Gasteiger charge is 2.34. The van der Waals surface area contributed by atoms with Gasteiger partial charge in [-0.3, -0.25) is 24.0 Å². The van der Waals surface area contributed by atoms with Crippen molar-refractivity contribution in [2.75, 3.05) is 17.4 Å². The Labute approximate surface area is 232 Å². The first-order chi connectivity index (χ1) is 19.1. The van der Waals surface area contributed by atoms with Gasteiger partial charge in [0.15, 0.2) is 0 Å². The maximum absolute atomic E-state index is 13.9. The molecule has 10 nitrogen and oxygen atoms in total. The van der Waals surface area contributed by atoms with Gasteiger partial charge in [-0.15, -0.1) is 0 Å². The highest BCUT2D eigenvalue weighted by molar-refractivity contribution is 7.92. The molecule has 0 heterocycles. The molecule has 0 aliphatic carbocycles. The van der Waals surface area contributed by atoms with Crippen LogP contribution >= 0.6 is 0 Å². The molecule has 0 aliphatic heterocycles. The van der Waals surface area contributed by atoms with E-state index in [0.29, 0.717) is 18.5 Å². The van der Waals surface area contributed by atoms with Gasteiger partial charge in [-0.1, -0.05) is 50.2 Å². The van der Waals surface area contributed by atoms with Gasteiger partial charge in [-0.2, -0.15) is 0 Å². The molecular weight excluding hydrogens is 539 g/mol. The van der Waals surface area contributed by atoms with Gasteiger partial charge in [0.25, 0.3) is 15.7 Å². The van der Waals surface area contributed by atoms with E-state index < -0.39 is 45.2 Å². The van der Waals surface area contributed by atoms with Crippen LogP contribution in [0.1, 0.15) is 32.3 Å². The van der Waals surface area contributed by atoms with Gasteiger partial charge in [-0.05, 0) is 48.7 Å². The molecule has 0 aromatic heterocycles. The molecule has 0 unspecified atom stereocenters. The van der Waals surface area contributed by atoms with Crippen molar-refractivity contribution in [1.29, 1.82) is 0 Å². The fourth-order valence-corrected chi connectivity index (χ4v) is 5.51. The highest BCUT2D eigenvalue weighted by Crippen LogP contribution is 2.27. The summed E-state index contributed by atoms with van der Waals surface area (Å²) in [4.78, 5) is 38.9. The molecular formula is C28H31FN4O6S. The molecule has 0 saturated heterocycles. The second-order valence-corrected chi connectivity index (χ2v) is 10.8. The molecule has 40 heavy (non-hydrogen) atoms. The maximum atomic E-state index is 13.9. The Morgan fingerprint density at radius 2 is 1.68 bits per heavy atom. The van der Waals surface area contributed by atoms with E-state index in [2.05, 4.69) is 5.32 Å². The van der Waals surface area contributed by atoms with E-state index in [-0.39, 0.29) is 29.2 Å². The number of carbonyl (C=O) groups is 2. The van der Waals surface area contributed by atoms with E-state index in [1.807, 2.05) is 6.92 Å². The van der Waals surface area contributed by atoms with Crippen molar-refractivity contribution < 1.29 is 27.3 Å². The fourth-order valence-electron chi connectivity index (χ4n) is 4.08. The minimum atomic E-state index is -4.36. The number of sulfonamides is 1. The van der Waals surface area contributed by atoms with Crippen LogP contribution in [0.15, 0.2) is 83.8 Å². The summed E-state index contributed by atoms with van der Waals surface area (Å²) in [5.41, 5.74) is 0.0904. The van der Waals surface area contributed by atoms with E-state index in [9.17, 15) is 32.5 Å². The maximum Gasteiger partial charge on any atom is 0.271 e. The van der Waals surface area contributed by atoms with Crippen molar-refractivity contribution in [2.45, 2.75) is 44.2 Å². The van der Waals surface area contributed by atoms with Crippen molar-refractivity contribution in [3.05, 3.63) is 100 Å². The van der Waals surface area contributed by atoms with Gasteiger partial charge >= 0.3 is 0 Å². The molecule has 0 fully saturated rings. The summed E-state index contributed by atoms with van der Waals surface area (Å²) in [6.45, 7) is 3.16. The average molecular weight is 571 g/mol. The Bertz CT molecular complexity index is 1430. The van der Waals surface area contributed by atoms with Gasteiger partial charge in [0.2, 0.25) is 11.8 Å². The lowest BCUT2D eigenvalue weighted by Crippen LogP contribution is -2.52. The molecule has 0 aliphatic rings. The molecule has 0 spiro atoms. The lowest BCUT2D eigenvalue weighted by Gasteiger charge is -2.33. The molecule has 0 saturated carbocycles. The van der Waals surface area contributed by atoms with E-state index in [4.69, 9.17) is 0 Å². The first-order valence-corrected chi connectivity index (χ1v) is 14.2. The monoisotopic (exact) mass is 570 g/mol. The summed E-state index contributed by atoms with van der Waals surface area (Å²) in [6, 6.07) is 16.8. The zero-order valence-corrected chi connectivity index (χ0v) is 23.0. The first kappa shape index (κ1) is 30.2. The summed E-state index contributed by atoms with van der Waals surface area (Å²) >= 11 is 0. The highest BCUT2D eigenvalue weighted by atomic mass is 32.2. The smallest absolute Gasteiger partial charge is 0.271 e. The number of nitro benzene ring substituents is 1. The average Bonchev–Trinajstić information content (AvgIpc) is 2.96. The second kappa shape index (κ2) is 13.7. The summed E-state index contributed by atoms with van der Waals surface area (Å²) in [5.74, 6) is -1.60. The number of nitro groups is 1. The number of hydrogen-bond donors (Lipinski definition) is 1. The van der Waals surface area contributed by atoms with Crippen LogP contribution in [-0.2, 0) is 26.2 Å². The van der Waals surface area contributed by atoms with E-state index in [0.717, 1.165) is 10.4 Å². The van der Waals surface area contributed by atoms with Crippen LogP contribution in [0, 0.1) is 15.9 Å². The van der Waals surface area contributed by atoms with Crippen molar-refractivity contribution >= 4 is 33.2 Å². The Balaban J connectivity index is 2.07. The molecule has 0 bridgehead atoms. The number of nitrogens with zero attached hydrogens (tertiary/aromatic N) is 3. The standard InChI is InChI=1S/C28H31FN4O6S/c1-3-17-30-28(35)26(4-2)31(19-21-13-15-22(29)16-14-21)27(34)20-32(23-9-8-10-24(18-23)33(36)37)40(38,39)25-11-6-5-7-12-25/h5-16,18,26H,3-4,17,19-20H2,1-2H3,(H,30,35)/t26-/m0/s1. The van der Waals surface area contributed by atoms with Crippen LogP contribution in [0.5, 0.6) is 0 Å². The minimum Gasteiger partial charge on any atom is -0.354 e. The van der Waals surface area contributed by atoms with Crippen LogP contribution in [0.3, 0.4) is 0 Å². The summed E-state index contributed by atoms with van der Waals surface area (Å²) < 4.78 is 41.8. The number of anilines is 1. The minimum absolute atomic E-state index is 0.0865. The van der Waals surface area contributed by atoms with E-state index in [1.165, 1.54) is 71.6 Å². The Morgan fingerprint density at radius 1 is 1.00 bits per heavy atom. The van der Waals surface area contributed by atoms with Crippen molar-refractivity contribution in [3.63, 3.8) is 0 Å².